The second-order valence-electron chi connectivity index (χ2n) is 7.65. The Hall–Kier alpha value is -2.79. The Balaban J connectivity index is 1.31. The molecule has 3 aromatic rings. The third-order valence-corrected chi connectivity index (χ3v) is 5.37. The van der Waals surface area contributed by atoms with Crippen molar-refractivity contribution in [3.05, 3.63) is 71.9 Å². The molecule has 0 radical (unpaired) electrons. The molecule has 0 saturated carbocycles. The molecule has 5 heteroatoms. The summed E-state index contributed by atoms with van der Waals surface area (Å²) in [6, 6.07) is 20.9. The van der Waals surface area contributed by atoms with E-state index in [2.05, 4.69) is 76.7 Å². The van der Waals surface area contributed by atoms with Gasteiger partial charge < -0.3 is 19.9 Å². The second-order valence-corrected chi connectivity index (χ2v) is 7.65. The Bertz CT molecular complexity index is 901. The van der Waals surface area contributed by atoms with Crippen LogP contribution in [0.5, 0.6) is 0 Å². The van der Waals surface area contributed by atoms with Crippen molar-refractivity contribution in [3.63, 3.8) is 0 Å². The average Bonchev–Trinajstić information content (AvgIpc) is 3.38. The molecule has 29 heavy (non-hydrogen) atoms. The molecule has 1 fully saturated rings. The lowest BCUT2D eigenvalue weighted by molar-refractivity contribution is 0.0906. The van der Waals surface area contributed by atoms with Crippen molar-refractivity contribution in [1.82, 2.24) is 15.2 Å². The maximum atomic E-state index is 5.96. The fourth-order valence-corrected chi connectivity index (χ4v) is 3.88. The predicted molar refractivity (Wildman–Crippen MR) is 119 cm³/mol. The highest BCUT2D eigenvalue weighted by Gasteiger charge is 2.25. The summed E-state index contributed by atoms with van der Waals surface area (Å²) >= 11 is 0. The summed E-state index contributed by atoms with van der Waals surface area (Å²) in [5, 5.41) is 4.69. The fraction of sp³-hybridized carbons (Fsp3) is 0.375. The van der Waals surface area contributed by atoms with Crippen molar-refractivity contribution < 1.29 is 4.74 Å². The van der Waals surface area contributed by atoms with Gasteiger partial charge in [-0.25, -0.2) is 4.99 Å². The zero-order valence-corrected chi connectivity index (χ0v) is 17.1. The Kier molecular flexibility index (Phi) is 6.47. The second kappa shape index (κ2) is 9.61. The summed E-state index contributed by atoms with van der Waals surface area (Å²) in [6.07, 6.45) is 1.14. The van der Waals surface area contributed by atoms with Gasteiger partial charge in [0.2, 0.25) is 0 Å². The molecule has 0 aliphatic carbocycles. The third-order valence-electron chi connectivity index (χ3n) is 5.37. The normalized spacial score (nSPS) is 17.2. The number of H-pyrrole nitrogens is 1. The minimum absolute atomic E-state index is 0.552. The van der Waals surface area contributed by atoms with E-state index in [0.29, 0.717) is 19.1 Å². The highest BCUT2D eigenvalue weighted by atomic mass is 16.5. The number of ether oxygens (including phenoxy) is 1. The van der Waals surface area contributed by atoms with Crippen molar-refractivity contribution >= 4 is 16.9 Å². The number of para-hydroxylation sites is 1. The maximum absolute atomic E-state index is 5.96. The van der Waals surface area contributed by atoms with E-state index in [1.54, 1.807) is 0 Å². The highest BCUT2D eigenvalue weighted by Crippen LogP contribution is 2.19. The molecule has 1 aliphatic rings. The van der Waals surface area contributed by atoms with Crippen LogP contribution in [0.2, 0.25) is 0 Å². The van der Waals surface area contributed by atoms with Crippen molar-refractivity contribution in [2.24, 2.45) is 10.9 Å². The van der Waals surface area contributed by atoms with Crippen LogP contribution in [-0.2, 0) is 17.9 Å². The van der Waals surface area contributed by atoms with E-state index in [-0.39, 0.29) is 0 Å². The zero-order chi connectivity index (χ0) is 19.9. The van der Waals surface area contributed by atoms with E-state index < -0.39 is 0 Å². The smallest absolute Gasteiger partial charge is 0.194 e. The first-order valence-electron chi connectivity index (χ1n) is 10.5. The van der Waals surface area contributed by atoms with Crippen LogP contribution < -0.4 is 5.32 Å². The monoisotopic (exact) mass is 390 g/mol. The molecule has 2 aromatic carbocycles. The maximum Gasteiger partial charge on any atom is 0.194 e. The molecule has 1 atom stereocenters. The molecule has 0 spiro atoms. The molecule has 0 amide bonds. The SMILES string of the molecule is CCNC(=NCc1cc2ccccc2[nH]1)N1CCC(COCc2ccccc2)C1. The van der Waals surface area contributed by atoms with Gasteiger partial charge in [-0.2, -0.15) is 0 Å². The average molecular weight is 391 g/mol. The molecule has 2 heterocycles. The lowest BCUT2D eigenvalue weighted by Gasteiger charge is -2.21. The van der Waals surface area contributed by atoms with Gasteiger partial charge in [0, 0.05) is 36.8 Å². The summed E-state index contributed by atoms with van der Waals surface area (Å²) in [4.78, 5) is 10.7. The Morgan fingerprint density at radius 2 is 2.00 bits per heavy atom. The summed E-state index contributed by atoms with van der Waals surface area (Å²) < 4.78 is 5.96. The van der Waals surface area contributed by atoms with Crippen LogP contribution in [0.1, 0.15) is 24.6 Å². The van der Waals surface area contributed by atoms with Crippen LogP contribution in [-0.4, -0.2) is 42.1 Å². The molecule has 4 rings (SSSR count). The van der Waals surface area contributed by atoms with Gasteiger partial charge in [0.05, 0.1) is 19.8 Å². The largest absolute Gasteiger partial charge is 0.376 e. The number of likely N-dealkylation sites (tertiary alicyclic amines) is 1. The van der Waals surface area contributed by atoms with Crippen molar-refractivity contribution in [3.8, 4) is 0 Å². The minimum Gasteiger partial charge on any atom is -0.376 e. The van der Waals surface area contributed by atoms with Crippen LogP contribution in [0, 0.1) is 5.92 Å². The molecule has 152 valence electrons. The molecule has 5 nitrogen and oxygen atoms in total. The van der Waals surface area contributed by atoms with Gasteiger partial charge in [0.25, 0.3) is 0 Å². The summed E-state index contributed by atoms with van der Waals surface area (Å²) in [5.41, 5.74) is 3.54. The third kappa shape index (κ3) is 5.18. The number of aromatic nitrogens is 1. The zero-order valence-electron chi connectivity index (χ0n) is 17.1. The van der Waals surface area contributed by atoms with Gasteiger partial charge in [-0.1, -0.05) is 48.5 Å². The van der Waals surface area contributed by atoms with Gasteiger partial charge in [-0.3, -0.25) is 0 Å². The first-order valence-corrected chi connectivity index (χ1v) is 10.5. The molecule has 1 aromatic heterocycles. The van der Waals surface area contributed by atoms with Crippen LogP contribution in [0.3, 0.4) is 0 Å². The van der Waals surface area contributed by atoms with E-state index >= 15 is 0 Å². The van der Waals surface area contributed by atoms with Crippen molar-refractivity contribution in [2.45, 2.75) is 26.5 Å². The number of aromatic amines is 1. The number of hydrogen-bond acceptors (Lipinski definition) is 2. The van der Waals surface area contributed by atoms with Crippen LogP contribution in [0.25, 0.3) is 10.9 Å². The Labute approximate surface area is 172 Å². The van der Waals surface area contributed by atoms with Gasteiger partial charge in [-0.15, -0.1) is 0 Å². The quantitative estimate of drug-likeness (QED) is 0.470. The number of nitrogens with zero attached hydrogens (tertiary/aromatic N) is 2. The molecule has 2 N–H and O–H groups in total. The van der Waals surface area contributed by atoms with Gasteiger partial charge in [0.1, 0.15) is 0 Å². The van der Waals surface area contributed by atoms with E-state index in [1.807, 2.05) is 6.07 Å². The number of rotatable bonds is 7. The van der Waals surface area contributed by atoms with Crippen LogP contribution >= 0.6 is 0 Å². The lowest BCUT2D eigenvalue weighted by atomic mass is 10.1. The van der Waals surface area contributed by atoms with Crippen molar-refractivity contribution in [1.29, 1.82) is 0 Å². The van der Waals surface area contributed by atoms with E-state index in [1.165, 1.54) is 16.5 Å². The van der Waals surface area contributed by atoms with Gasteiger partial charge in [-0.05, 0) is 36.4 Å². The van der Waals surface area contributed by atoms with E-state index in [4.69, 9.17) is 9.73 Å². The number of benzene rings is 2. The van der Waals surface area contributed by atoms with Gasteiger partial charge in [0.15, 0.2) is 5.96 Å². The number of aliphatic imine (C=N–C) groups is 1. The summed E-state index contributed by atoms with van der Waals surface area (Å²) in [5.74, 6) is 1.55. The molecule has 1 unspecified atom stereocenters. The fourth-order valence-electron chi connectivity index (χ4n) is 3.88. The molecular weight excluding hydrogens is 360 g/mol. The summed E-state index contributed by atoms with van der Waals surface area (Å²) in [6.45, 7) is 7.15. The number of hydrogen-bond donors (Lipinski definition) is 2. The highest BCUT2D eigenvalue weighted by molar-refractivity contribution is 5.81. The number of fused-ring (bicyclic) bond motifs is 1. The first-order chi connectivity index (χ1) is 14.3. The molecule has 0 bridgehead atoms. The lowest BCUT2D eigenvalue weighted by Crippen LogP contribution is -2.40. The standard InChI is InChI=1S/C24H30N4O/c1-2-25-24(26-15-22-14-21-10-6-7-11-23(21)27-22)28-13-12-20(16-28)18-29-17-19-8-4-3-5-9-19/h3-11,14,20,27H,2,12-13,15-18H2,1H3,(H,25,26). The van der Waals surface area contributed by atoms with E-state index in [9.17, 15) is 0 Å². The van der Waals surface area contributed by atoms with Gasteiger partial charge >= 0.3 is 0 Å². The number of guanidine groups is 1. The first kappa shape index (κ1) is 19.5. The topological polar surface area (TPSA) is 52.7 Å². The van der Waals surface area contributed by atoms with E-state index in [0.717, 1.165) is 44.3 Å². The Morgan fingerprint density at radius 3 is 2.83 bits per heavy atom. The molecule has 1 saturated heterocycles. The van der Waals surface area contributed by atoms with Crippen LogP contribution in [0.4, 0.5) is 0 Å². The Morgan fingerprint density at radius 1 is 1.17 bits per heavy atom. The summed E-state index contributed by atoms with van der Waals surface area (Å²) in [7, 11) is 0. The molecular formula is C24H30N4O. The predicted octanol–water partition coefficient (Wildman–Crippen LogP) is 4.17. The molecule has 1 aliphatic heterocycles. The van der Waals surface area contributed by atoms with Crippen LogP contribution in [0.15, 0.2) is 65.7 Å². The van der Waals surface area contributed by atoms with Crippen molar-refractivity contribution in [2.75, 3.05) is 26.2 Å². The minimum atomic E-state index is 0.552. The number of nitrogens with one attached hydrogen (secondary N) is 2.